The van der Waals surface area contributed by atoms with Crippen molar-refractivity contribution in [1.82, 2.24) is 10.3 Å². The van der Waals surface area contributed by atoms with E-state index in [1.165, 1.54) is 0 Å². The van der Waals surface area contributed by atoms with Gasteiger partial charge in [0, 0.05) is 17.5 Å². The molecule has 1 amide bonds. The Morgan fingerprint density at radius 3 is 2.26 bits per heavy atom. The molecule has 1 atom stereocenters. The molecule has 158 valence electrons. The Balaban J connectivity index is 1.71. The molecule has 0 saturated heterocycles. The van der Waals surface area contributed by atoms with Gasteiger partial charge in [-0.2, -0.15) is 0 Å². The van der Waals surface area contributed by atoms with E-state index in [4.69, 9.17) is 14.2 Å². The van der Waals surface area contributed by atoms with Gasteiger partial charge in [-0.25, -0.2) is 0 Å². The molecule has 0 aliphatic rings. The van der Waals surface area contributed by atoms with Crippen molar-refractivity contribution in [2.45, 2.75) is 6.04 Å². The zero-order valence-corrected chi connectivity index (χ0v) is 17.6. The van der Waals surface area contributed by atoms with Gasteiger partial charge >= 0.3 is 0 Å². The smallest absolute Gasteiger partial charge is 0.268 e. The van der Waals surface area contributed by atoms with Crippen LogP contribution in [-0.2, 0) is 0 Å². The third kappa shape index (κ3) is 4.19. The molecule has 0 bridgehead atoms. The SMILES string of the molecule is COc1cccc(C(NC(=O)c2cc3c(OC)cc(OC)cc3[nH]2)c2ccccc2)c1. The topological polar surface area (TPSA) is 72.6 Å². The Labute approximate surface area is 180 Å². The summed E-state index contributed by atoms with van der Waals surface area (Å²) in [5.41, 5.74) is 3.10. The van der Waals surface area contributed by atoms with E-state index in [0.717, 1.165) is 27.8 Å². The summed E-state index contributed by atoms with van der Waals surface area (Å²) < 4.78 is 16.2. The van der Waals surface area contributed by atoms with Crippen LogP contribution in [-0.4, -0.2) is 32.2 Å². The molecule has 0 aliphatic heterocycles. The maximum Gasteiger partial charge on any atom is 0.268 e. The Hall–Kier alpha value is -3.93. The minimum absolute atomic E-state index is 0.228. The average molecular weight is 416 g/mol. The van der Waals surface area contributed by atoms with Crippen molar-refractivity contribution in [2.75, 3.05) is 21.3 Å². The number of benzene rings is 3. The number of carbonyl (C=O) groups is 1. The van der Waals surface area contributed by atoms with Crippen molar-refractivity contribution in [3.8, 4) is 17.2 Å². The number of carbonyl (C=O) groups excluding carboxylic acids is 1. The first-order valence-corrected chi connectivity index (χ1v) is 9.87. The number of hydrogen-bond donors (Lipinski definition) is 2. The van der Waals surface area contributed by atoms with E-state index in [2.05, 4.69) is 10.3 Å². The molecule has 0 fully saturated rings. The van der Waals surface area contributed by atoms with Crippen LogP contribution in [0.5, 0.6) is 17.2 Å². The van der Waals surface area contributed by atoms with Gasteiger partial charge in [-0.1, -0.05) is 42.5 Å². The predicted octanol–water partition coefficient (Wildman–Crippen LogP) is 4.71. The summed E-state index contributed by atoms with van der Waals surface area (Å²) in [7, 11) is 4.81. The van der Waals surface area contributed by atoms with Crippen LogP contribution in [0.25, 0.3) is 10.9 Å². The quantitative estimate of drug-likeness (QED) is 0.458. The van der Waals surface area contributed by atoms with Crippen molar-refractivity contribution in [1.29, 1.82) is 0 Å². The highest BCUT2D eigenvalue weighted by atomic mass is 16.5. The van der Waals surface area contributed by atoms with Crippen molar-refractivity contribution in [3.63, 3.8) is 0 Å². The average Bonchev–Trinajstić information content (AvgIpc) is 3.26. The standard InChI is InChI=1S/C25H24N2O4/c1-29-18-11-7-10-17(12-18)24(16-8-5-4-6-9-16)27-25(28)22-15-20-21(26-22)13-19(30-2)14-23(20)31-3/h4-15,24,26H,1-3H3,(H,27,28). The highest BCUT2D eigenvalue weighted by molar-refractivity contribution is 6.00. The maximum atomic E-state index is 13.2. The van der Waals surface area contributed by atoms with Crippen LogP contribution >= 0.6 is 0 Å². The fraction of sp³-hybridized carbons (Fsp3) is 0.160. The highest BCUT2D eigenvalue weighted by Gasteiger charge is 2.20. The van der Waals surface area contributed by atoms with Crippen LogP contribution < -0.4 is 19.5 Å². The van der Waals surface area contributed by atoms with Gasteiger partial charge in [-0.15, -0.1) is 0 Å². The van der Waals surface area contributed by atoms with Crippen LogP contribution in [0.3, 0.4) is 0 Å². The first kappa shape index (κ1) is 20.3. The molecule has 1 unspecified atom stereocenters. The van der Waals surface area contributed by atoms with Crippen molar-refractivity contribution in [2.24, 2.45) is 0 Å². The van der Waals surface area contributed by atoms with E-state index in [-0.39, 0.29) is 11.9 Å². The second-order valence-electron chi connectivity index (χ2n) is 7.07. The molecule has 6 heteroatoms. The van der Waals surface area contributed by atoms with E-state index in [1.54, 1.807) is 33.5 Å². The van der Waals surface area contributed by atoms with Gasteiger partial charge in [0.15, 0.2) is 0 Å². The number of hydrogen-bond acceptors (Lipinski definition) is 4. The van der Waals surface area contributed by atoms with E-state index >= 15 is 0 Å². The van der Waals surface area contributed by atoms with Gasteiger partial charge in [0.1, 0.15) is 22.9 Å². The molecular weight excluding hydrogens is 392 g/mol. The largest absolute Gasteiger partial charge is 0.497 e. The van der Waals surface area contributed by atoms with Crippen molar-refractivity contribution < 1.29 is 19.0 Å². The molecule has 4 aromatic rings. The Morgan fingerprint density at radius 2 is 1.55 bits per heavy atom. The monoisotopic (exact) mass is 416 g/mol. The summed E-state index contributed by atoms with van der Waals surface area (Å²) in [4.78, 5) is 16.4. The van der Waals surface area contributed by atoms with Gasteiger partial charge in [-0.3, -0.25) is 4.79 Å². The van der Waals surface area contributed by atoms with Gasteiger partial charge < -0.3 is 24.5 Å². The van der Waals surface area contributed by atoms with Crippen LogP contribution in [0.4, 0.5) is 0 Å². The molecule has 0 radical (unpaired) electrons. The molecule has 3 aromatic carbocycles. The summed E-state index contributed by atoms with van der Waals surface area (Å²) in [5, 5.41) is 3.96. The summed E-state index contributed by atoms with van der Waals surface area (Å²) in [6.45, 7) is 0. The summed E-state index contributed by atoms with van der Waals surface area (Å²) >= 11 is 0. The molecule has 0 aliphatic carbocycles. The first-order valence-electron chi connectivity index (χ1n) is 9.87. The molecule has 2 N–H and O–H groups in total. The summed E-state index contributed by atoms with van der Waals surface area (Å²) in [6, 6.07) is 22.6. The number of methoxy groups -OCH3 is 3. The van der Waals surface area contributed by atoms with E-state index in [9.17, 15) is 4.79 Å². The Bertz CT molecular complexity index is 1200. The fourth-order valence-electron chi connectivity index (χ4n) is 3.62. The molecular formula is C25H24N2O4. The normalized spacial score (nSPS) is 11.7. The molecule has 1 aromatic heterocycles. The number of fused-ring (bicyclic) bond motifs is 1. The number of ether oxygens (including phenoxy) is 3. The van der Waals surface area contributed by atoms with Gasteiger partial charge in [0.2, 0.25) is 0 Å². The number of rotatable bonds is 7. The predicted molar refractivity (Wildman–Crippen MR) is 120 cm³/mol. The van der Waals surface area contributed by atoms with Gasteiger partial charge in [0.05, 0.1) is 32.9 Å². The van der Waals surface area contributed by atoms with Gasteiger partial charge in [0.25, 0.3) is 5.91 Å². The molecule has 4 rings (SSSR count). The third-order valence-corrected chi connectivity index (χ3v) is 5.21. The number of nitrogens with one attached hydrogen (secondary N) is 2. The lowest BCUT2D eigenvalue weighted by molar-refractivity contribution is 0.0938. The minimum atomic E-state index is -0.341. The first-order chi connectivity index (χ1) is 15.1. The minimum Gasteiger partial charge on any atom is -0.497 e. The van der Waals surface area contributed by atoms with Crippen LogP contribution in [0.15, 0.2) is 72.8 Å². The zero-order chi connectivity index (χ0) is 21.8. The lowest BCUT2D eigenvalue weighted by Crippen LogP contribution is -2.29. The second kappa shape index (κ2) is 8.83. The molecule has 0 spiro atoms. The number of H-pyrrole nitrogens is 1. The lowest BCUT2D eigenvalue weighted by Gasteiger charge is -2.20. The number of aromatic amines is 1. The van der Waals surface area contributed by atoms with E-state index < -0.39 is 0 Å². The van der Waals surface area contributed by atoms with Crippen LogP contribution in [0.1, 0.15) is 27.7 Å². The summed E-state index contributed by atoms with van der Waals surface area (Å²) in [5.74, 6) is 1.79. The molecule has 1 heterocycles. The van der Waals surface area contributed by atoms with Crippen LogP contribution in [0.2, 0.25) is 0 Å². The highest BCUT2D eigenvalue weighted by Crippen LogP contribution is 2.32. The zero-order valence-electron chi connectivity index (χ0n) is 17.6. The summed E-state index contributed by atoms with van der Waals surface area (Å²) in [6.07, 6.45) is 0. The number of amides is 1. The number of aromatic nitrogens is 1. The molecule has 0 saturated carbocycles. The second-order valence-corrected chi connectivity index (χ2v) is 7.07. The third-order valence-electron chi connectivity index (χ3n) is 5.21. The maximum absolute atomic E-state index is 13.2. The Morgan fingerprint density at radius 1 is 0.806 bits per heavy atom. The fourth-order valence-corrected chi connectivity index (χ4v) is 3.62. The van der Waals surface area contributed by atoms with Crippen LogP contribution in [0, 0.1) is 0 Å². The van der Waals surface area contributed by atoms with Gasteiger partial charge in [-0.05, 0) is 29.3 Å². The molecule has 31 heavy (non-hydrogen) atoms. The van der Waals surface area contributed by atoms with Crippen molar-refractivity contribution >= 4 is 16.8 Å². The Kier molecular flexibility index (Phi) is 5.80. The van der Waals surface area contributed by atoms with Crippen molar-refractivity contribution in [3.05, 3.63) is 89.6 Å². The van der Waals surface area contributed by atoms with E-state index in [0.29, 0.717) is 17.2 Å². The lowest BCUT2D eigenvalue weighted by atomic mass is 9.98. The molecule has 6 nitrogen and oxygen atoms in total. The van der Waals surface area contributed by atoms with E-state index in [1.807, 2.05) is 60.7 Å².